The van der Waals surface area contributed by atoms with Gasteiger partial charge in [0.2, 0.25) is 0 Å². The van der Waals surface area contributed by atoms with Crippen molar-refractivity contribution in [2.75, 3.05) is 0 Å². The summed E-state index contributed by atoms with van der Waals surface area (Å²) in [5.74, 6) is 0. The second kappa shape index (κ2) is 4.63. The number of aliphatic hydroxyl groups is 1. The first-order valence-electron chi connectivity index (χ1n) is 5.60. The van der Waals surface area contributed by atoms with Crippen molar-refractivity contribution in [2.24, 2.45) is 0 Å². The monoisotopic (exact) mass is 300 g/mol. The summed E-state index contributed by atoms with van der Waals surface area (Å²) in [7, 11) is -1.57. The second-order valence-electron chi connectivity index (χ2n) is 5.83. The molecule has 1 aromatic carbocycles. The van der Waals surface area contributed by atoms with Gasteiger partial charge in [0.1, 0.15) is 0 Å². The van der Waals surface area contributed by atoms with Crippen molar-refractivity contribution in [3.05, 3.63) is 28.2 Å². The minimum absolute atomic E-state index is 0.134. The summed E-state index contributed by atoms with van der Waals surface area (Å²) in [5.41, 5.74) is 1.08. The van der Waals surface area contributed by atoms with E-state index in [0.29, 0.717) is 0 Å². The average molecular weight is 301 g/mol. The van der Waals surface area contributed by atoms with Crippen molar-refractivity contribution in [3.63, 3.8) is 0 Å². The van der Waals surface area contributed by atoms with Crippen LogP contribution < -0.4 is 5.19 Å². The second-order valence-corrected chi connectivity index (χ2v) is 12.0. The summed E-state index contributed by atoms with van der Waals surface area (Å²) in [6, 6.07) is 6.21. The molecule has 0 aliphatic rings. The first kappa shape index (κ1) is 13.9. The van der Waals surface area contributed by atoms with Gasteiger partial charge in [-0.05, 0) is 22.7 Å². The highest BCUT2D eigenvalue weighted by Gasteiger charge is 2.38. The molecule has 0 bridgehead atoms. The summed E-state index contributed by atoms with van der Waals surface area (Å²) < 4.78 is 1.10. The SMILES string of the molecule is CC(C)(C)[Si](C)(C)c1cc(Br)ccc1CO. The molecule has 0 aromatic heterocycles. The van der Waals surface area contributed by atoms with E-state index in [2.05, 4.69) is 55.9 Å². The van der Waals surface area contributed by atoms with Gasteiger partial charge in [-0.1, -0.05) is 61.0 Å². The Kier molecular flexibility index (Phi) is 4.03. The molecule has 0 unspecified atom stereocenters. The third-order valence-electron chi connectivity index (χ3n) is 3.79. The first-order chi connectivity index (χ1) is 7.20. The molecule has 90 valence electrons. The van der Waals surface area contributed by atoms with E-state index >= 15 is 0 Å². The molecule has 0 aliphatic heterocycles. The van der Waals surface area contributed by atoms with Gasteiger partial charge in [0.15, 0.2) is 0 Å². The van der Waals surface area contributed by atoms with Crippen LogP contribution in [0.25, 0.3) is 0 Å². The Labute approximate surface area is 108 Å². The lowest BCUT2D eigenvalue weighted by Crippen LogP contribution is -2.51. The molecule has 0 amide bonds. The Hall–Kier alpha value is -0.123. The largest absolute Gasteiger partial charge is 0.392 e. The van der Waals surface area contributed by atoms with Crippen molar-refractivity contribution in [1.29, 1.82) is 0 Å². The van der Waals surface area contributed by atoms with Gasteiger partial charge in [-0.25, -0.2) is 0 Å². The molecule has 16 heavy (non-hydrogen) atoms. The van der Waals surface area contributed by atoms with Crippen molar-refractivity contribution in [3.8, 4) is 0 Å². The summed E-state index contributed by atoms with van der Waals surface area (Å²) >= 11 is 3.53. The maximum atomic E-state index is 9.45. The zero-order chi connectivity index (χ0) is 12.6. The highest BCUT2D eigenvalue weighted by molar-refractivity contribution is 9.10. The van der Waals surface area contributed by atoms with E-state index in [-0.39, 0.29) is 11.6 Å². The summed E-state index contributed by atoms with van der Waals surface area (Å²) in [4.78, 5) is 0. The van der Waals surface area contributed by atoms with Crippen LogP contribution in [0.4, 0.5) is 0 Å². The van der Waals surface area contributed by atoms with E-state index in [1.54, 1.807) is 0 Å². The highest BCUT2D eigenvalue weighted by atomic mass is 79.9. The average Bonchev–Trinajstić information content (AvgIpc) is 2.16. The fraction of sp³-hybridized carbons (Fsp3) is 0.538. The van der Waals surface area contributed by atoms with E-state index in [9.17, 15) is 5.11 Å². The molecule has 0 aliphatic carbocycles. The number of aliphatic hydroxyl groups excluding tert-OH is 1. The third-order valence-corrected chi connectivity index (χ3v) is 9.85. The molecule has 0 radical (unpaired) electrons. The zero-order valence-electron chi connectivity index (χ0n) is 10.8. The standard InChI is InChI=1S/C13H21BrOSi/c1-13(2,3)16(4,5)12-8-11(14)7-6-10(12)9-15/h6-8,15H,9H2,1-5H3. The summed E-state index contributed by atoms with van der Waals surface area (Å²) in [6.45, 7) is 11.8. The van der Waals surface area contributed by atoms with Crippen molar-refractivity contribution in [2.45, 2.75) is 45.5 Å². The minimum Gasteiger partial charge on any atom is -0.392 e. The lowest BCUT2D eigenvalue weighted by atomic mass is 10.2. The highest BCUT2D eigenvalue weighted by Crippen LogP contribution is 2.36. The van der Waals surface area contributed by atoms with Crippen LogP contribution in [0.5, 0.6) is 0 Å². The Morgan fingerprint density at radius 2 is 1.81 bits per heavy atom. The van der Waals surface area contributed by atoms with Gasteiger partial charge in [0.05, 0.1) is 14.7 Å². The minimum atomic E-state index is -1.57. The van der Waals surface area contributed by atoms with E-state index in [4.69, 9.17) is 0 Å². The molecule has 0 heterocycles. The quantitative estimate of drug-likeness (QED) is 0.827. The maximum Gasteiger partial charge on any atom is 0.0864 e. The molecule has 1 N–H and O–H groups in total. The van der Waals surface area contributed by atoms with Crippen LogP contribution in [-0.4, -0.2) is 13.2 Å². The van der Waals surface area contributed by atoms with Crippen LogP contribution >= 0.6 is 15.9 Å². The van der Waals surface area contributed by atoms with Crippen LogP contribution in [0, 0.1) is 0 Å². The normalized spacial score (nSPS) is 12.9. The molecular weight excluding hydrogens is 280 g/mol. The fourth-order valence-corrected chi connectivity index (χ4v) is 4.53. The molecule has 0 fully saturated rings. The smallest absolute Gasteiger partial charge is 0.0864 e. The number of hydrogen-bond donors (Lipinski definition) is 1. The van der Waals surface area contributed by atoms with E-state index < -0.39 is 8.07 Å². The van der Waals surface area contributed by atoms with Crippen LogP contribution in [0.1, 0.15) is 26.3 Å². The first-order valence-corrected chi connectivity index (χ1v) is 9.39. The molecular formula is C13H21BrOSi. The van der Waals surface area contributed by atoms with Gasteiger partial charge >= 0.3 is 0 Å². The van der Waals surface area contributed by atoms with E-state index in [1.165, 1.54) is 5.19 Å². The van der Waals surface area contributed by atoms with Crippen molar-refractivity contribution >= 4 is 29.2 Å². The Morgan fingerprint density at radius 3 is 2.25 bits per heavy atom. The molecule has 1 nitrogen and oxygen atoms in total. The Bertz CT molecular complexity index is 380. The molecule has 0 atom stereocenters. The van der Waals surface area contributed by atoms with Crippen molar-refractivity contribution < 1.29 is 5.11 Å². The number of halogens is 1. The zero-order valence-corrected chi connectivity index (χ0v) is 13.4. The van der Waals surface area contributed by atoms with E-state index in [0.717, 1.165) is 10.0 Å². The van der Waals surface area contributed by atoms with Gasteiger partial charge in [-0.2, -0.15) is 0 Å². The topological polar surface area (TPSA) is 20.2 Å². The fourth-order valence-electron chi connectivity index (χ4n) is 1.67. The molecule has 3 heteroatoms. The molecule has 0 spiro atoms. The van der Waals surface area contributed by atoms with Crippen LogP contribution in [0.3, 0.4) is 0 Å². The molecule has 1 rings (SSSR count). The molecule has 0 saturated carbocycles. The Morgan fingerprint density at radius 1 is 1.25 bits per heavy atom. The maximum absolute atomic E-state index is 9.45. The van der Waals surface area contributed by atoms with Crippen LogP contribution in [0.15, 0.2) is 22.7 Å². The predicted molar refractivity (Wildman–Crippen MR) is 76.9 cm³/mol. The lowest BCUT2D eigenvalue weighted by Gasteiger charge is -2.38. The summed E-state index contributed by atoms with van der Waals surface area (Å²) in [6.07, 6.45) is 0. The summed E-state index contributed by atoms with van der Waals surface area (Å²) in [5, 5.41) is 11.1. The van der Waals surface area contributed by atoms with Gasteiger partial charge in [0, 0.05) is 4.47 Å². The van der Waals surface area contributed by atoms with Gasteiger partial charge < -0.3 is 5.11 Å². The van der Waals surface area contributed by atoms with Gasteiger partial charge in [-0.3, -0.25) is 0 Å². The lowest BCUT2D eigenvalue weighted by molar-refractivity contribution is 0.282. The number of rotatable bonds is 2. The van der Waals surface area contributed by atoms with Gasteiger partial charge in [0.25, 0.3) is 0 Å². The van der Waals surface area contributed by atoms with Crippen molar-refractivity contribution in [1.82, 2.24) is 0 Å². The van der Waals surface area contributed by atoms with Crippen LogP contribution in [0.2, 0.25) is 18.1 Å². The number of hydrogen-bond acceptors (Lipinski definition) is 1. The molecule has 1 aromatic rings. The van der Waals surface area contributed by atoms with Gasteiger partial charge in [-0.15, -0.1) is 0 Å². The predicted octanol–water partition coefficient (Wildman–Crippen LogP) is 3.66. The number of benzene rings is 1. The van der Waals surface area contributed by atoms with Crippen LogP contribution in [-0.2, 0) is 6.61 Å². The molecule has 0 saturated heterocycles. The Balaban J connectivity index is 3.36. The van der Waals surface area contributed by atoms with E-state index in [1.807, 2.05) is 12.1 Å². The third kappa shape index (κ3) is 2.58.